The highest BCUT2D eigenvalue weighted by Crippen LogP contribution is 2.38. The molecule has 4 heteroatoms. The van der Waals surface area contributed by atoms with Crippen LogP contribution < -0.4 is 0 Å². The summed E-state index contributed by atoms with van der Waals surface area (Å²) in [6, 6.07) is 7.69. The van der Waals surface area contributed by atoms with Gasteiger partial charge in [-0.15, -0.1) is 0 Å². The lowest BCUT2D eigenvalue weighted by molar-refractivity contribution is 0.0751. The SMILES string of the molecule is O=C(c1ccccc1I)N1CC2CCC(O)C2C1. The smallest absolute Gasteiger partial charge is 0.254 e. The third-order valence-electron chi connectivity index (χ3n) is 4.21. The summed E-state index contributed by atoms with van der Waals surface area (Å²) >= 11 is 2.20. The zero-order valence-electron chi connectivity index (χ0n) is 10.1. The number of fused-ring (bicyclic) bond motifs is 1. The van der Waals surface area contributed by atoms with Crippen LogP contribution in [0.4, 0.5) is 0 Å². The predicted octanol–water partition coefficient (Wildman–Crippen LogP) is 2.13. The summed E-state index contributed by atoms with van der Waals surface area (Å²) in [5.41, 5.74) is 0.785. The van der Waals surface area contributed by atoms with E-state index in [0.29, 0.717) is 11.8 Å². The number of likely N-dealkylation sites (tertiary alicyclic amines) is 1. The molecule has 1 saturated heterocycles. The van der Waals surface area contributed by atoms with Crippen molar-refractivity contribution in [2.24, 2.45) is 11.8 Å². The second-order valence-corrected chi connectivity index (χ2v) is 6.42. The fraction of sp³-hybridized carbons (Fsp3) is 0.500. The average Bonchev–Trinajstić information content (AvgIpc) is 2.92. The Morgan fingerprint density at radius 2 is 2.06 bits per heavy atom. The van der Waals surface area contributed by atoms with Crippen LogP contribution in [0.15, 0.2) is 24.3 Å². The molecule has 0 aromatic heterocycles. The summed E-state index contributed by atoms with van der Waals surface area (Å²) in [4.78, 5) is 14.4. The number of aliphatic hydroxyl groups is 1. The summed E-state index contributed by atoms with van der Waals surface area (Å²) in [5.74, 6) is 0.919. The van der Waals surface area contributed by atoms with Crippen LogP contribution in [0.3, 0.4) is 0 Å². The number of hydrogen-bond donors (Lipinski definition) is 1. The Kier molecular flexibility index (Phi) is 3.32. The van der Waals surface area contributed by atoms with Gasteiger partial charge in [-0.1, -0.05) is 12.1 Å². The summed E-state index contributed by atoms with van der Waals surface area (Å²) < 4.78 is 0.998. The molecule has 1 aliphatic carbocycles. The molecule has 3 nitrogen and oxygen atoms in total. The molecule has 0 radical (unpaired) electrons. The standard InChI is InChI=1S/C14H16INO2/c15-12-4-2-1-3-10(12)14(18)16-7-9-5-6-13(17)11(9)8-16/h1-4,9,11,13,17H,5-8H2. The van der Waals surface area contributed by atoms with Crippen molar-refractivity contribution in [3.05, 3.63) is 33.4 Å². The molecule has 1 heterocycles. The number of halogens is 1. The van der Waals surface area contributed by atoms with E-state index in [1.165, 1.54) is 0 Å². The van der Waals surface area contributed by atoms with Gasteiger partial charge in [0, 0.05) is 22.6 Å². The minimum atomic E-state index is -0.206. The number of aliphatic hydroxyl groups excluding tert-OH is 1. The van der Waals surface area contributed by atoms with Gasteiger partial charge in [0.15, 0.2) is 0 Å². The molecular weight excluding hydrogens is 341 g/mol. The predicted molar refractivity (Wildman–Crippen MR) is 77.3 cm³/mol. The minimum absolute atomic E-state index is 0.113. The molecule has 0 spiro atoms. The fourth-order valence-electron chi connectivity index (χ4n) is 3.21. The molecule has 18 heavy (non-hydrogen) atoms. The zero-order chi connectivity index (χ0) is 12.7. The van der Waals surface area contributed by atoms with Crippen LogP contribution in [0.1, 0.15) is 23.2 Å². The number of carbonyl (C=O) groups is 1. The molecule has 1 aromatic carbocycles. The van der Waals surface area contributed by atoms with Gasteiger partial charge in [0.2, 0.25) is 0 Å². The second kappa shape index (κ2) is 4.81. The van der Waals surface area contributed by atoms with Crippen LogP contribution >= 0.6 is 22.6 Å². The monoisotopic (exact) mass is 357 g/mol. The number of amides is 1. The Balaban J connectivity index is 1.78. The maximum Gasteiger partial charge on any atom is 0.254 e. The Bertz CT molecular complexity index is 477. The van der Waals surface area contributed by atoms with Crippen LogP contribution in [0.2, 0.25) is 0 Å². The van der Waals surface area contributed by atoms with E-state index in [1.807, 2.05) is 29.2 Å². The maximum absolute atomic E-state index is 12.4. The Morgan fingerprint density at radius 3 is 2.78 bits per heavy atom. The van der Waals surface area contributed by atoms with E-state index >= 15 is 0 Å². The van der Waals surface area contributed by atoms with Crippen LogP contribution in [0.25, 0.3) is 0 Å². The first-order chi connectivity index (χ1) is 8.66. The van der Waals surface area contributed by atoms with Crippen molar-refractivity contribution in [1.29, 1.82) is 0 Å². The highest BCUT2D eigenvalue weighted by Gasteiger charge is 2.43. The van der Waals surface area contributed by atoms with Crippen molar-refractivity contribution in [2.45, 2.75) is 18.9 Å². The third-order valence-corrected chi connectivity index (χ3v) is 5.15. The molecule has 2 aliphatic rings. The summed E-state index contributed by atoms with van der Waals surface area (Å²) in [7, 11) is 0. The van der Waals surface area contributed by atoms with E-state index in [0.717, 1.165) is 35.1 Å². The van der Waals surface area contributed by atoms with Gasteiger partial charge in [-0.25, -0.2) is 0 Å². The van der Waals surface area contributed by atoms with Gasteiger partial charge in [0.05, 0.1) is 11.7 Å². The first kappa shape index (κ1) is 12.4. The van der Waals surface area contributed by atoms with Gasteiger partial charge in [0.25, 0.3) is 5.91 Å². The van der Waals surface area contributed by atoms with Crippen molar-refractivity contribution in [3.8, 4) is 0 Å². The van der Waals surface area contributed by atoms with Crippen LogP contribution in [0.5, 0.6) is 0 Å². The van der Waals surface area contributed by atoms with Crippen LogP contribution in [-0.2, 0) is 0 Å². The largest absolute Gasteiger partial charge is 0.393 e. The Morgan fingerprint density at radius 1 is 1.28 bits per heavy atom. The first-order valence-corrected chi connectivity index (χ1v) is 7.46. The number of hydrogen-bond acceptors (Lipinski definition) is 2. The average molecular weight is 357 g/mol. The quantitative estimate of drug-likeness (QED) is 0.783. The highest BCUT2D eigenvalue weighted by atomic mass is 127. The normalized spacial score (nSPS) is 30.6. The van der Waals surface area contributed by atoms with Crippen molar-refractivity contribution < 1.29 is 9.90 Å². The fourth-order valence-corrected chi connectivity index (χ4v) is 3.83. The van der Waals surface area contributed by atoms with Crippen molar-refractivity contribution in [2.75, 3.05) is 13.1 Å². The highest BCUT2D eigenvalue weighted by molar-refractivity contribution is 14.1. The molecule has 3 unspecified atom stereocenters. The van der Waals surface area contributed by atoms with E-state index in [4.69, 9.17) is 0 Å². The molecular formula is C14H16INO2. The molecule has 96 valence electrons. The molecule has 3 rings (SSSR count). The lowest BCUT2D eigenvalue weighted by Gasteiger charge is -2.19. The van der Waals surface area contributed by atoms with Crippen molar-refractivity contribution in [3.63, 3.8) is 0 Å². The van der Waals surface area contributed by atoms with Gasteiger partial charge < -0.3 is 10.0 Å². The summed E-state index contributed by atoms with van der Waals surface area (Å²) in [6.45, 7) is 1.53. The summed E-state index contributed by atoms with van der Waals surface area (Å²) in [5, 5.41) is 9.88. The van der Waals surface area contributed by atoms with Gasteiger partial charge in [-0.05, 0) is 53.5 Å². The van der Waals surface area contributed by atoms with E-state index in [1.54, 1.807) is 0 Å². The molecule has 1 aliphatic heterocycles. The lowest BCUT2D eigenvalue weighted by atomic mass is 10.00. The molecule has 0 bridgehead atoms. The zero-order valence-corrected chi connectivity index (χ0v) is 12.2. The number of benzene rings is 1. The number of rotatable bonds is 1. The van der Waals surface area contributed by atoms with Gasteiger partial charge in [-0.3, -0.25) is 4.79 Å². The van der Waals surface area contributed by atoms with E-state index < -0.39 is 0 Å². The van der Waals surface area contributed by atoms with E-state index in [9.17, 15) is 9.90 Å². The van der Waals surface area contributed by atoms with Gasteiger partial charge >= 0.3 is 0 Å². The van der Waals surface area contributed by atoms with E-state index in [2.05, 4.69) is 22.6 Å². The van der Waals surface area contributed by atoms with Crippen molar-refractivity contribution in [1.82, 2.24) is 4.90 Å². The summed E-state index contributed by atoms with van der Waals surface area (Å²) in [6.07, 6.45) is 1.75. The van der Waals surface area contributed by atoms with Crippen LogP contribution in [-0.4, -0.2) is 35.1 Å². The van der Waals surface area contributed by atoms with Crippen molar-refractivity contribution >= 4 is 28.5 Å². The molecule has 3 atom stereocenters. The first-order valence-electron chi connectivity index (χ1n) is 6.38. The second-order valence-electron chi connectivity index (χ2n) is 5.26. The number of nitrogens with zero attached hydrogens (tertiary/aromatic N) is 1. The maximum atomic E-state index is 12.4. The number of carbonyl (C=O) groups excluding carboxylic acids is 1. The molecule has 1 saturated carbocycles. The molecule has 1 N–H and O–H groups in total. The van der Waals surface area contributed by atoms with Gasteiger partial charge in [-0.2, -0.15) is 0 Å². The Hall–Kier alpha value is -0.620. The molecule has 1 aromatic rings. The van der Waals surface area contributed by atoms with Gasteiger partial charge in [0.1, 0.15) is 0 Å². The minimum Gasteiger partial charge on any atom is -0.393 e. The van der Waals surface area contributed by atoms with Crippen LogP contribution in [0, 0.1) is 15.4 Å². The molecule has 2 fully saturated rings. The Labute approximate surface area is 120 Å². The van der Waals surface area contributed by atoms with E-state index in [-0.39, 0.29) is 12.0 Å². The topological polar surface area (TPSA) is 40.5 Å². The molecule has 1 amide bonds. The third kappa shape index (κ3) is 2.05. The lowest BCUT2D eigenvalue weighted by Crippen LogP contribution is -2.31.